The molecule has 0 aliphatic heterocycles. The quantitative estimate of drug-likeness (QED) is 0.236. The monoisotopic (exact) mass is 370 g/mol. The zero-order chi connectivity index (χ0) is 18.4. The molecule has 0 saturated heterocycles. The molecule has 0 heterocycles. The lowest BCUT2D eigenvalue weighted by Crippen LogP contribution is -1.83. The van der Waals surface area contributed by atoms with Gasteiger partial charge < -0.3 is 5.11 Å². The predicted octanol–water partition coefficient (Wildman–Crippen LogP) is 6.10. The molecule has 3 rings (SSSR count). The Morgan fingerprint density at radius 3 is 2.31 bits per heavy atom. The first-order valence-corrected chi connectivity index (χ1v) is 8.18. The van der Waals surface area contributed by atoms with Crippen LogP contribution < -0.4 is 0 Å². The molecule has 2 N–H and O–H groups in total. The molecule has 132 valence electrons. The molecule has 3 aromatic rings. The molecule has 26 heavy (non-hydrogen) atoms. The van der Waals surface area contributed by atoms with Crippen LogP contribution in [0.2, 0.25) is 0 Å². The highest BCUT2D eigenvalue weighted by molar-refractivity contribution is 7.94. The van der Waals surface area contributed by atoms with Crippen molar-refractivity contribution >= 4 is 39.9 Å². The molecule has 0 atom stereocenters. The van der Waals surface area contributed by atoms with Crippen LogP contribution in [0.15, 0.2) is 79.9 Å². The lowest BCUT2D eigenvalue weighted by molar-refractivity contribution is -0.432. The molecule has 9 heteroatoms. The fourth-order valence-corrected chi connectivity index (χ4v) is 2.81. The highest BCUT2D eigenvalue weighted by Crippen LogP contribution is 2.43. The molecule has 0 saturated carbocycles. The third-order valence-electron chi connectivity index (χ3n) is 3.45. The number of fused-ring (bicyclic) bond motifs is 1. The van der Waals surface area contributed by atoms with Gasteiger partial charge >= 0.3 is 0 Å². The Hall–Kier alpha value is -2.85. The van der Waals surface area contributed by atoms with Gasteiger partial charge in [-0.25, -0.2) is 5.26 Å². The molecule has 0 unspecified atom stereocenters. The Balaban J connectivity index is 2.00. The third kappa shape index (κ3) is 4.03. The van der Waals surface area contributed by atoms with E-state index in [4.69, 9.17) is 5.26 Å². The summed E-state index contributed by atoms with van der Waals surface area (Å²) in [7, 11) is 1.59. The van der Waals surface area contributed by atoms with Crippen molar-refractivity contribution < 1.29 is 19.7 Å². The zero-order valence-electron chi connectivity index (χ0n) is 13.6. The normalized spacial score (nSPS) is 11.8. The van der Waals surface area contributed by atoms with Gasteiger partial charge in [-0.2, -0.15) is 15.3 Å². The number of azo groups is 2. The van der Waals surface area contributed by atoms with Crippen molar-refractivity contribution in [3.05, 3.63) is 54.6 Å². The van der Waals surface area contributed by atoms with Crippen LogP contribution in [0.3, 0.4) is 0 Å². The SMILES string of the molecule is CN=Nc1ccc(N=Nc2c(SOOO)cc3ccccc3c2O)cc1. The number of nitrogens with zero attached hydrogens (tertiary/aromatic N) is 4. The van der Waals surface area contributed by atoms with Crippen LogP contribution in [0.5, 0.6) is 5.75 Å². The van der Waals surface area contributed by atoms with Gasteiger partial charge in [0.05, 0.1) is 28.3 Å². The van der Waals surface area contributed by atoms with E-state index in [1.807, 2.05) is 18.2 Å². The van der Waals surface area contributed by atoms with E-state index in [1.54, 1.807) is 43.4 Å². The molecule has 3 aromatic carbocycles. The number of rotatable bonds is 6. The predicted molar refractivity (Wildman–Crippen MR) is 97.3 cm³/mol. The molecule has 0 fully saturated rings. The molecule has 8 nitrogen and oxygen atoms in total. The van der Waals surface area contributed by atoms with Crippen molar-refractivity contribution in [1.29, 1.82) is 0 Å². The topological polar surface area (TPSA) is 108 Å². The van der Waals surface area contributed by atoms with Crippen molar-refractivity contribution in [1.82, 2.24) is 0 Å². The van der Waals surface area contributed by atoms with E-state index in [9.17, 15) is 5.11 Å². The van der Waals surface area contributed by atoms with Crippen molar-refractivity contribution in [2.45, 2.75) is 4.90 Å². The minimum absolute atomic E-state index is 0.0488. The molecule has 0 amide bonds. The van der Waals surface area contributed by atoms with Crippen LogP contribution >= 0.6 is 12.0 Å². The Bertz CT molecular complexity index is 961. The largest absolute Gasteiger partial charge is 0.505 e. The number of hydrogen-bond acceptors (Lipinski definition) is 9. The second-order valence-electron chi connectivity index (χ2n) is 5.04. The second kappa shape index (κ2) is 8.50. The summed E-state index contributed by atoms with van der Waals surface area (Å²) in [5.74, 6) is -0.0488. The zero-order valence-corrected chi connectivity index (χ0v) is 14.4. The maximum atomic E-state index is 10.6. The summed E-state index contributed by atoms with van der Waals surface area (Å²) < 4.78 is 4.50. The molecule has 0 spiro atoms. The summed E-state index contributed by atoms with van der Waals surface area (Å²) in [4.78, 5) is 0.426. The van der Waals surface area contributed by atoms with Gasteiger partial charge in [0, 0.05) is 12.4 Å². The van der Waals surface area contributed by atoms with E-state index in [0.29, 0.717) is 33.7 Å². The smallest absolute Gasteiger partial charge is 0.152 e. The van der Waals surface area contributed by atoms with Crippen LogP contribution in [-0.2, 0) is 9.37 Å². The van der Waals surface area contributed by atoms with Gasteiger partial charge in [0.2, 0.25) is 0 Å². The van der Waals surface area contributed by atoms with Gasteiger partial charge in [-0.15, -0.1) is 9.45 Å². The highest BCUT2D eigenvalue weighted by Gasteiger charge is 2.14. The van der Waals surface area contributed by atoms with Gasteiger partial charge in [0.1, 0.15) is 5.69 Å². The van der Waals surface area contributed by atoms with Crippen LogP contribution in [0.25, 0.3) is 10.8 Å². The van der Waals surface area contributed by atoms with Crippen LogP contribution in [0.1, 0.15) is 0 Å². The van der Waals surface area contributed by atoms with Gasteiger partial charge in [-0.3, -0.25) is 0 Å². The van der Waals surface area contributed by atoms with Crippen molar-refractivity contribution in [3.63, 3.8) is 0 Å². The Labute approximate surface area is 152 Å². The van der Waals surface area contributed by atoms with Crippen molar-refractivity contribution in [2.24, 2.45) is 20.5 Å². The molecule has 0 radical (unpaired) electrons. The Morgan fingerprint density at radius 2 is 1.62 bits per heavy atom. The van der Waals surface area contributed by atoms with E-state index < -0.39 is 0 Å². The van der Waals surface area contributed by atoms with Crippen molar-refractivity contribution in [2.75, 3.05) is 7.05 Å². The first kappa shape index (κ1) is 18.0. The standard InChI is InChI=1S/C17H14N4O4S/c1-18-19-12-6-8-13(9-7-12)20-21-16-15(26-25-24-23)10-11-4-2-3-5-14(11)17(16)22/h2-10,22-23H,1H3. The van der Waals surface area contributed by atoms with Crippen LogP contribution in [-0.4, -0.2) is 17.4 Å². The minimum atomic E-state index is -0.0488. The molecular weight excluding hydrogens is 356 g/mol. The third-order valence-corrected chi connectivity index (χ3v) is 4.06. The van der Waals surface area contributed by atoms with Crippen LogP contribution in [0, 0.1) is 0 Å². The van der Waals surface area contributed by atoms with Crippen LogP contribution in [0.4, 0.5) is 17.1 Å². The van der Waals surface area contributed by atoms with E-state index >= 15 is 0 Å². The fourth-order valence-electron chi connectivity index (χ4n) is 2.31. The fraction of sp³-hybridized carbons (Fsp3) is 0.0588. The minimum Gasteiger partial charge on any atom is -0.505 e. The maximum Gasteiger partial charge on any atom is 0.152 e. The van der Waals surface area contributed by atoms with E-state index in [2.05, 4.69) is 29.8 Å². The molecule has 0 aliphatic carbocycles. The van der Waals surface area contributed by atoms with Gasteiger partial charge in [0.15, 0.2) is 5.75 Å². The maximum absolute atomic E-state index is 10.6. The molecule has 0 aromatic heterocycles. The second-order valence-corrected chi connectivity index (χ2v) is 5.78. The first-order valence-electron chi connectivity index (χ1n) is 7.44. The summed E-state index contributed by atoms with van der Waals surface area (Å²) in [6.07, 6.45) is 0. The number of phenols is 1. The van der Waals surface area contributed by atoms with Gasteiger partial charge in [0.25, 0.3) is 0 Å². The summed E-state index contributed by atoms with van der Waals surface area (Å²) in [5.41, 5.74) is 1.47. The first-order chi connectivity index (χ1) is 12.7. The Morgan fingerprint density at radius 1 is 0.923 bits per heavy atom. The summed E-state index contributed by atoms with van der Waals surface area (Å²) in [6, 6.07) is 16.0. The molecular formula is C17H14N4O4S. The number of aromatic hydroxyl groups is 1. The summed E-state index contributed by atoms with van der Waals surface area (Å²) in [5, 5.41) is 39.9. The summed E-state index contributed by atoms with van der Waals surface area (Å²) in [6.45, 7) is 0. The Kier molecular flexibility index (Phi) is 5.87. The van der Waals surface area contributed by atoms with E-state index in [1.165, 1.54) is 0 Å². The van der Waals surface area contributed by atoms with Gasteiger partial charge in [-0.05, 0) is 35.7 Å². The van der Waals surface area contributed by atoms with Gasteiger partial charge in [-0.1, -0.05) is 29.3 Å². The highest BCUT2D eigenvalue weighted by atomic mass is 32.2. The molecule has 0 bridgehead atoms. The number of hydrogen-bond donors (Lipinski definition) is 2. The number of benzene rings is 3. The number of phenolic OH excluding ortho intramolecular Hbond substituents is 1. The summed E-state index contributed by atoms with van der Waals surface area (Å²) >= 11 is 0.707. The average molecular weight is 370 g/mol. The van der Waals surface area contributed by atoms with E-state index in [-0.39, 0.29) is 11.4 Å². The lowest BCUT2D eigenvalue weighted by Gasteiger charge is -2.08. The van der Waals surface area contributed by atoms with Crippen molar-refractivity contribution in [3.8, 4) is 5.75 Å². The lowest BCUT2D eigenvalue weighted by atomic mass is 10.1. The molecule has 0 aliphatic rings. The average Bonchev–Trinajstić information content (AvgIpc) is 2.67. The van der Waals surface area contributed by atoms with E-state index in [0.717, 1.165) is 5.39 Å².